The van der Waals surface area contributed by atoms with Gasteiger partial charge in [-0.15, -0.1) is 12.4 Å². The number of para-hydroxylation sites is 1. The molecule has 1 fully saturated rings. The molecule has 5 rings (SSSR count). The SMILES string of the molecule is COc1cccc2c1CC[C@H]1CNC(CCn3c(=O)[nH]c4c(C)cccc4c3=O)[C@@H]21.Cl. The Morgan fingerprint density at radius 3 is 2.77 bits per heavy atom. The summed E-state index contributed by atoms with van der Waals surface area (Å²) in [6.45, 7) is 3.28. The van der Waals surface area contributed by atoms with Gasteiger partial charge in [-0.1, -0.05) is 24.3 Å². The zero-order valence-electron chi connectivity index (χ0n) is 17.8. The molecule has 2 N–H and O–H groups in total. The van der Waals surface area contributed by atoms with Crippen LogP contribution in [0.1, 0.15) is 35.4 Å². The van der Waals surface area contributed by atoms with E-state index in [0.29, 0.717) is 29.3 Å². The van der Waals surface area contributed by atoms with E-state index >= 15 is 0 Å². The number of H-pyrrole nitrogens is 1. The summed E-state index contributed by atoms with van der Waals surface area (Å²) < 4.78 is 6.95. The molecule has 2 aromatic carbocycles. The molecular formula is C24H28ClN3O3. The number of hydrogen-bond acceptors (Lipinski definition) is 4. The summed E-state index contributed by atoms with van der Waals surface area (Å²) in [7, 11) is 1.73. The van der Waals surface area contributed by atoms with Crippen molar-refractivity contribution in [3.8, 4) is 5.75 Å². The van der Waals surface area contributed by atoms with Crippen LogP contribution in [0.15, 0.2) is 46.0 Å². The average molecular weight is 442 g/mol. The number of ether oxygens (including phenoxy) is 1. The van der Waals surface area contributed by atoms with E-state index in [1.54, 1.807) is 13.2 Å². The van der Waals surface area contributed by atoms with Crippen LogP contribution in [0.2, 0.25) is 0 Å². The van der Waals surface area contributed by atoms with Crippen LogP contribution >= 0.6 is 12.4 Å². The molecule has 1 unspecified atom stereocenters. The third kappa shape index (κ3) is 3.58. The van der Waals surface area contributed by atoms with Gasteiger partial charge >= 0.3 is 5.69 Å². The maximum Gasteiger partial charge on any atom is 0.328 e. The number of rotatable bonds is 4. The van der Waals surface area contributed by atoms with E-state index in [1.165, 1.54) is 15.7 Å². The molecule has 0 saturated carbocycles. The number of hydrogen-bond donors (Lipinski definition) is 2. The molecule has 0 spiro atoms. The van der Waals surface area contributed by atoms with Crippen molar-refractivity contribution < 1.29 is 4.74 Å². The predicted molar refractivity (Wildman–Crippen MR) is 125 cm³/mol. The first-order valence-electron chi connectivity index (χ1n) is 10.7. The lowest BCUT2D eigenvalue weighted by Gasteiger charge is -2.32. The maximum atomic E-state index is 13.0. The van der Waals surface area contributed by atoms with E-state index in [-0.39, 0.29) is 29.7 Å². The summed E-state index contributed by atoms with van der Waals surface area (Å²) in [5.41, 5.74) is 3.67. The highest BCUT2D eigenvalue weighted by Gasteiger charge is 2.40. The Labute approximate surface area is 187 Å². The van der Waals surface area contributed by atoms with E-state index in [4.69, 9.17) is 4.74 Å². The lowest BCUT2D eigenvalue weighted by atomic mass is 9.73. The minimum absolute atomic E-state index is 0. The molecule has 3 aromatic rings. The van der Waals surface area contributed by atoms with E-state index < -0.39 is 0 Å². The van der Waals surface area contributed by atoms with Gasteiger partial charge in [-0.05, 0) is 67.5 Å². The molecule has 164 valence electrons. The summed E-state index contributed by atoms with van der Waals surface area (Å²) in [6, 6.07) is 12.1. The van der Waals surface area contributed by atoms with Gasteiger partial charge in [0.25, 0.3) is 5.56 Å². The number of benzene rings is 2. The van der Waals surface area contributed by atoms with Crippen LogP contribution in [-0.2, 0) is 13.0 Å². The maximum absolute atomic E-state index is 13.0. The zero-order chi connectivity index (χ0) is 20.8. The molecule has 6 nitrogen and oxygen atoms in total. The van der Waals surface area contributed by atoms with Crippen molar-refractivity contribution in [2.24, 2.45) is 5.92 Å². The molecule has 3 atom stereocenters. The summed E-state index contributed by atoms with van der Waals surface area (Å²) in [5, 5.41) is 4.23. The van der Waals surface area contributed by atoms with Crippen molar-refractivity contribution in [3.05, 3.63) is 73.9 Å². The molecule has 1 aliphatic carbocycles. The highest BCUT2D eigenvalue weighted by molar-refractivity contribution is 5.85. The van der Waals surface area contributed by atoms with Crippen LogP contribution < -0.4 is 21.3 Å². The number of nitrogens with one attached hydrogen (secondary N) is 2. The van der Waals surface area contributed by atoms with Crippen molar-refractivity contribution in [2.75, 3.05) is 13.7 Å². The van der Waals surface area contributed by atoms with Gasteiger partial charge in [0.15, 0.2) is 0 Å². The third-order valence-electron chi connectivity index (χ3n) is 6.99. The van der Waals surface area contributed by atoms with E-state index in [0.717, 1.165) is 37.1 Å². The first-order chi connectivity index (χ1) is 14.6. The molecule has 2 aliphatic rings. The Balaban J connectivity index is 0.00000231. The van der Waals surface area contributed by atoms with Crippen molar-refractivity contribution in [3.63, 3.8) is 0 Å². The number of methoxy groups -OCH3 is 1. The van der Waals surface area contributed by atoms with E-state index in [2.05, 4.69) is 22.4 Å². The van der Waals surface area contributed by atoms with Gasteiger partial charge in [-0.2, -0.15) is 0 Å². The summed E-state index contributed by atoms with van der Waals surface area (Å²) in [6.07, 6.45) is 2.91. The van der Waals surface area contributed by atoms with Gasteiger partial charge in [0, 0.05) is 18.5 Å². The zero-order valence-corrected chi connectivity index (χ0v) is 18.6. The van der Waals surface area contributed by atoms with Crippen molar-refractivity contribution in [2.45, 2.75) is 44.7 Å². The molecule has 1 saturated heterocycles. The molecule has 0 radical (unpaired) electrons. The van der Waals surface area contributed by atoms with E-state index in [9.17, 15) is 9.59 Å². The highest BCUT2D eigenvalue weighted by Crippen LogP contribution is 2.45. The molecular weight excluding hydrogens is 414 g/mol. The number of fused-ring (bicyclic) bond motifs is 4. The Morgan fingerprint density at radius 2 is 1.97 bits per heavy atom. The molecule has 1 aromatic heterocycles. The summed E-state index contributed by atoms with van der Waals surface area (Å²) in [4.78, 5) is 28.5. The van der Waals surface area contributed by atoms with Crippen LogP contribution in [0.25, 0.3) is 10.9 Å². The molecule has 1 aliphatic heterocycles. The van der Waals surface area contributed by atoms with Gasteiger partial charge < -0.3 is 15.0 Å². The predicted octanol–water partition coefficient (Wildman–Crippen LogP) is 3.14. The van der Waals surface area contributed by atoms with Crippen molar-refractivity contribution in [1.82, 2.24) is 14.9 Å². The topological polar surface area (TPSA) is 76.1 Å². The quantitative estimate of drug-likeness (QED) is 0.652. The van der Waals surface area contributed by atoms with Crippen LogP contribution in [0.5, 0.6) is 5.75 Å². The summed E-state index contributed by atoms with van der Waals surface area (Å²) >= 11 is 0. The molecule has 7 heteroatoms. The molecule has 0 bridgehead atoms. The second-order valence-electron chi connectivity index (χ2n) is 8.54. The van der Waals surface area contributed by atoms with Crippen LogP contribution in [0, 0.1) is 12.8 Å². The number of aryl methyl sites for hydroxylation is 1. The van der Waals surface area contributed by atoms with Gasteiger partial charge in [0.2, 0.25) is 0 Å². The molecule has 31 heavy (non-hydrogen) atoms. The Bertz CT molecular complexity index is 1230. The van der Waals surface area contributed by atoms with Crippen LogP contribution in [-0.4, -0.2) is 29.2 Å². The fourth-order valence-corrected chi connectivity index (χ4v) is 5.50. The first kappa shape index (κ1) is 21.7. The second-order valence-corrected chi connectivity index (χ2v) is 8.54. The standard InChI is InChI=1S/C24H27N3O3.ClH/c1-14-5-3-7-18-22(14)26-24(29)27(23(18)28)12-11-19-21-15(13-25-19)9-10-16-17(21)6-4-8-20(16)30-2;/h3-8,15,19,21,25H,9-13H2,1-2H3,(H,26,29);1H/t15-,19?,21+;/m0./s1. The minimum Gasteiger partial charge on any atom is -0.496 e. The highest BCUT2D eigenvalue weighted by atomic mass is 35.5. The Hall–Kier alpha value is -2.57. The van der Waals surface area contributed by atoms with Crippen LogP contribution in [0.3, 0.4) is 0 Å². The number of halogens is 1. The molecule has 2 heterocycles. The lowest BCUT2D eigenvalue weighted by Crippen LogP contribution is -2.38. The second kappa shape index (κ2) is 8.52. The summed E-state index contributed by atoms with van der Waals surface area (Å²) in [5.74, 6) is 1.94. The van der Waals surface area contributed by atoms with Gasteiger partial charge in [-0.3, -0.25) is 9.36 Å². The largest absolute Gasteiger partial charge is 0.496 e. The normalized spacial score (nSPS) is 21.9. The van der Waals surface area contributed by atoms with Gasteiger partial charge in [0.1, 0.15) is 5.75 Å². The lowest BCUT2D eigenvalue weighted by molar-refractivity contribution is 0.371. The fourth-order valence-electron chi connectivity index (χ4n) is 5.50. The van der Waals surface area contributed by atoms with Gasteiger partial charge in [0.05, 0.1) is 18.0 Å². The Morgan fingerprint density at radius 1 is 1.16 bits per heavy atom. The fraction of sp³-hybridized carbons (Fsp3) is 0.417. The van der Waals surface area contributed by atoms with Crippen molar-refractivity contribution >= 4 is 23.3 Å². The average Bonchev–Trinajstić information content (AvgIpc) is 3.17. The number of aromatic amines is 1. The van der Waals surface area contributed by atoms with E-state index in [1.807, 2.05) is 25.1 Å². The first-order valence-corrected chi connectivity index (χ1v) is 10.7. The number of aromatic nitrogens is 2. The van der Waals surface area contributed by atoms with Crippen LogP contribution in [0.4, 0.5) is 0 Å². The molecule has 0 amide bonds. The third-order valence-corrected chi connectivity index (χ3v) is 6.99. The Kier molecular flexibility index (Phi) is 5.95. The minimum atomic E-state index is -0.331. The monoisotopic (exact) mass is 441 g/mol. The smallest absolute Gasteiger partial charge is 0.328 e. The van der Waals surface area contributed by atoms with Crippen molar-refractivity contribution in [1.29, 1.82) is 0 Å². The van der Waals surface area contributed by atoms with Gasteiger partial charge in [-0.25, -0.2) is 4.79 Å². The number of nitrogens with zero attached hydrogens (tertiary/aromatic N) is 1.